The molecule has 7 heteroatoms. The van der Waals surface area contributed by atoms with E-state index in [2.05, 4.69) is 4.98 Å². The second-order valence-corrected chi connectivity index (χ2v) is 5.45. The number of halogens is 3. The van der Waals surface area contributed by atoms with Crippen molar-refractivity contribution in [3.63, 3.8) is 0 Å². The lowest BCUT2D eigenvalue weighted by Gasteiger charge is -2.06. The Labute approximate surface area is 103 Å². The van der Waals surface area contributed by atoms with E-state index >= 15 is 0 Å². The first kappa shape index (κ1) is 12.5. The van der Waals surface area contributed by atoms with Gasteiger partial charge in [-0.25, -0.2) is 4.98 Å². The van der Waals surface area contributed by atoms with Gasteiger partial charge in [-0.05, 0) is 23.9 Å². The minimum Gasteiger partial charge on any atom is -0.382 e. The van der Waals surface area contributed by atoms with E-state index in [0.717, 1.165) is 11.8 Å². The van der Waals surface area contributed by atoms with E-state index < -0.39 is 17.3 Å². The van der Waals surface area contributed by atoms with Crippen LogP contribution >= 0.6 is 22.7 Å². The van der Waals surface area contributed by atoms with E-state index in [1.807, 2.05) is 6.07 Å². The molecule has 0 amide bonds. The molecule has 1 unspecified atom stereocenters. The van der Waals surface area contributed by atoms with Crippen molar-refractivity contribution in [2.75, 3.05) is 0 Å². The molecule has 0 saturated carbocycles. The van der Waals surface area contributed by atoms with Crippen molar-refractivity contribution in [3.8, 4) is 0 Å². The van der Waals surface area contributed by atoms with Crippen molar-refractivity contribution in [2.24, 2.45) is 0 Å². The maximum atomic E-state index is 12.4. The van der Waals surface area contributed by atoms with E-state index in [9.17, 15) is 18.3 Å². The van der Waals surface area contributed by atoms with Gasteiger partial charge in [-0.1, -0.05) is 0 Å². The Morgan fingerprint density at radius 3 is 2.59 bits per heavy atom. The maximum Gasteiger partial charge on any atom is 0.443 e. The normalized spacial score (nSPS) is 13.9. The molecule has 0 radical (unpaired) electrons. The second-order valence-electron chi connectivity index (χ2n) is 3.44. The number of aryl methyl sites for hydroxylation is 1. The Morgan fingerprint density at radius 1 is 1.41 bits per heavy atom. The van der Waals surface area contributed by atoms with Gasteiger partial charge >= 0.3 is 6.18 Å². The number of alkyl halides is 3. The molecule has 0 aromatic carbocycles. The highest BCUT2D eigenvalue weighted by Crippen LogP contribution is 2.37. The van der Waals surface area contributed by atoms with Crippen LogP contribution in [0.4, 0.5) is 13.2 Å². The average molecular weight is 279 g/mol. The van der Waals surface area contributed by atoms with Gasteiger partial charge in [0.05, 0.1) is 4.88 Å². The molecule has 0 aliphatic heterocycles. The fourth-order valence-corrected chi connectivity index (χ4v) is 3.12. The van der Waals surface area contributed by atoms with Gasteiger partial charge in [0.1, 0.15) is 6.10 Å². The number of hydrogen-bond acceptors (Lipinski definition) is 4. The molecule has 0 bridgehead atoms. The summed E-state index contributed by atoms with van der Waals surface area (Å²) in [6.45, 7) is 1.81. The summed E-state index contributed by atoms with van der Waals surface area (Å²) < 4.78 is 37.1. The van der Waals surface area contributed by atoms with Crippen LogP contribution in [-0.4, -0.2) is 10.1 Å². The summed E-state index contributed by atoms with van der Waals surface area (Å²) in [6, 6.07) is 1.81. The SMILES string of the molecule is Cc1ccsc1C(O)c1cnc(C(F)(F)F)s1. The summed E-state index contributed by atoms with van der Waals surface area (Å²) in [6.07, 6.45) is -4.40. The van der Waals surface area contributed by atoms with Crippen LogP contribution in [0, 0.1) is 6.92 Å². The Bertz CT molecular complexity index is 518. The lowest BCUT2D eigenvalue weighted by atomic mass is 10.2. The first-order chi connectivity index (χ1) is 7.89. The van der Waals surface area contributed by atoms with Crippen LogP contribution in [0.1, 0.15) is 26.4 Å². The predicted octanol–water partition coefficient (Wildman–Crippen LogP) is 3.61. The minimum atomic E-state index is -4.45. The summed E-state index contributed by atoms with van der Waals surface area (Å²) in [5, 5.41) is 10.8. The Balaban J connectivity index is 2.30. The van der Waals surface area contributed by atoms with E-state index in [-0.39, 0.29) is 4.88 Å². The summed E-state index contributed by atoms with van der Waals surface area (Å²) in [7, 11) is 0. The monoisotopic (exact) mass is 279 g/mol. The first-order valence-corrected chi connectivity index (χ1v) is 6.34. The zero-order valence-electron chi connectivity index (χ0n) is 8.65. The molecule has 0 fully saturated rings. The van der Waals surface area contributed by atoms with Gasteiger partial charge in [0.2, 0.25) is 0 Å². The minimum absolute atomic E-state index is 0.211. The van der Waals surface area contributed by atoms with Crippen LogP contribution < -0.4 is 0 Å². The van der Waals surface area contributed by atoms with E-state index in [4.69, 9.17) is 0 Å². The first-order valence-electron chi connectivity index (χ1n) is 4.64. The molecule has 2 aromatic heterocycles. The molecule has 0 saturated heterocycles. The van der Waals surface area contributed by atoms with Gasteiger partial charge in [0.25, 0.3) is 0 Å². The molecule has 2 heterocycles. The number of rotatable bonds is 2. The van der Waals surface area contributed by atoms with Gasteiger partial charge in [-0.15, -0.1) is 22.7 Å². The standard InChI is InChI=1S/C10H8F3NOS2/c1-5-2-3-16-8(5)7(15)6-4-14-9(17-6)10(11,12)13/h2-4,7,15H,1H3. The van der Waals surface area contributed by atoms with Crippen LogP contribution in [0.25, 0.3) is 0 Å². The quantitative estimate of drug-likeness (QED) is 0.911. The number of thiazole rings is 1. The van der Waals surface area contributed by atoms with Gasteiger partial charge < -0.3 is 5.11 Å². The third-order valence-electron chi connectivity index (χ3n) is 2.19. The molecular weight excluding hydrogens is 271 g/mol. The zero-order chi connectivity index (χ0) is 12.6. The predicted molar refractivity (Wildman–Crippen MR) is 60.2 cm³/mol. The molecule has 2 aromatic rings. The van der Waals surface area contributed by atoms with E-state index in [1.165, 1.54) is 11.3 Å². The van der Waals surface area contributed by atoms with E-state index in [1.54, 1.807) is 12.3 Å². The number of thiophene rings is 1. The summed E-state index contributed by atoms with van der Waals surface area (Å²) in [5.74, 6) is 0. The van der Waals surface area contributed by atoms with Crippen molar-refractivity contribution in [1.29, 1.82) is 0 Å². The van der Waals surface area contributed by atoms with Gasteiger partial charge in [-0.2, -0.15) is 13.2 Å². The third-order valence-corrected chi connectivity index (χ3v) is 4.35. The fourth-order valence-electron chi connectivity index (χ4n) is 1.34. The smallest absolute Gasteiger partial charge is 0.382 e. The number of aromatic nitrogens is 1. The van der Waals surface area contributed by atoms with Crippen LogP contribution in [0.5, 0.6) is 0 Å². The topological polar surface area (TPSA) is 33.1 Å². The summed E-state index contributed by atoms with van der Waals surface area (Å²) in [4.78, 5) is 4.15. The fraction of sp³-hybridized carbons (Fsp3) is 0.300. The van der Waals surface area contributed by atoms with Crippen molar-refractivity contribution in [3.05, 3.63) is 38.0 Å². The number of aliphatic hydroxyl groups excluding tert-OH is 1. The summed E-state index contributed by atoms with van der Waals surface area (Å²) in [5.41, 5.74) is 0.865. The highest BCUT2D eigenvalue weighted by Gasteiger charge is 2.35. The molecular formula is C10H8F3NOS2. The third kappa shape index (κ3) is 2.51. The van der Waals surface area contributed by atoms with Crippen molar-refractivity contribution >= 4 is 22.7 Å². The van der Waals surface area contributed by atoms with Crippen LogP contribution in [0.3, 0.4) is 0 Å². The Morgan fingerprint density at radius 2 is 2.12 bits per heavy atom. The Hall–Kier alpha value is -0.920. The highest BCUT2D eigenvalue weighted by molar-refractivity contribution is 7.12. The van der Waals surface area contributed by atoms with E-state index in [0.29, 0.717) is 16.2 Å². The molecule has 1 atom stereocenters. The number of aliphatic hydroxyl groups is 1. The highest BCUT2D eigenvalue weighted by atomic mass is 32.1. The molecule has 2 nitrogen and oxygen atoms in total. The largest absolute Gasteiger partial charge is 0.443 e. The second kappa shape index (κ2) is 4.40. The van der Waals surface area contributed by atoms with Gasteiger partial charge in [-0.3, -0.25) is 0 Å². The maximum absolute atomic E-state index is 12.4. The Kier molecular flexibility index (Phi) is 3.24. The van der Waals surface area contributed by atoms with Gasteiger partial charge in [0.15, 0.2) is 5.01 Å². The molecule has 0 aliphatic rings. The van der Waals surface area contributed by atoms with Crippen molar-refractivity contribution < 1.29 is 18.3 Å². The molecule has 0 spiro atoms. The lowest BCUT2D eigenvalue weighted by Crippen LogP contribution is -2.03. The van der Waals surface area contributed by atoms with Crippen LogP contribution in [0.2, 0.25) is 0 Å². The van der Waals surface area contributed by atoms with Crippen molar-refractivity contribution in [2.45, 2.75) is 19.2 Å². The summed E-state index contributed by atoms with van der Waals surface area (Å²) >= 11 is 1.79. The van der Waals surface area contributed by atoms with Gasteiger partial charge in [0, 0.05) is 11.1 Å². The number of hydrogen-bond donors (Lipinski definition) is 1. The zero-order valence-corrected chi connectivity index (χ0v) is 10.3. The number of nitrogens with zero attached hydrogens (tertiary/aromatic N) is 1. The molecule has 92 valence electrons. The molecule has 17 heavy (non-hydrogen) atoms. The average Bonchev–Trinajstić information content (AvgIpc) is 2.83. The van der Waals surface area contributed by atoms with Crippen LogP contribution in [0.15, 0.2) is 17.6 Å². The van der Waals surface area contributed by atoms with Crippen LogP contribution in [-0.2, 0) is 6.18 Å². The lowest BCUT2D eigenvalue weighted by molar-refractivity contribution is -0.137. The van der Waals surface area contributed by atoms with Crippen molar-refractivity contribution in [1.82, 2.24) is 4.98 Å². The molecule has 0 aliphatic carbocycles. The molecule has 1 N–H and O–H groups in total. The molecule has 2 rings (SSSR count).